The number of alkyl halides is 1. The molecule has 0 aromatic heterocycles. The van der Waals surface area contributed by atoms with E-state index in [1.807, 2.05) is 57.2 Å². The zero-order valence-corrected chi connectivity index (χ0v) is 19.9. The Morgan fingerprint density at radius 1 is 0.871 bits per heavy atom. The fraction of sp³-hybridized carbons (Fsp3) is 0.520. The molecule has 0 aliphatic heterocycles. The maximum absolute atomic E-state index is 9.94. The summed E-state index contributed by atoms with van der Waals surface area (Å²) in [6.45, 7) is 10.8. The van der Waals surface area contributed by atoms with Gasteiger partial charge in [-0.05, 0) is 55.7 Å². The van der Waals surface area contributed by atoms with Gasteiger partial charge >= 0.3 is 0 Å². The number of hydrogen-bond acceptors (Lipinski definition) is 5. The van der Waals surface area contributed by atoms with Crippen molar-refractivity contribution in [2.75, 3.05) is 25.7 Å². The summed E-state index contributed by atoms with van der Waals surface area (Å²) in [4.78, 5) is 0. The van der Waals surface area contributed by atoms with Crippen LogP contribution in [0.3, 0.4) is 0 Å². The molecule has 6 heteroatoms. The van der Waals surface area contributed by atoms with Crippen molar-refractivity contribution in [2.24, 2.45) is 0 Å². The van der Waals surface area contributed by atoms with E-state index in [1.165, 1.54) is 0 Å². The molecule has 0 fully saturated rings. The maximum Gasteiger partial charge on any atom is 0.122 e. The molecular weight excluding hydrogens is 416 g/mol. The van der Waals surface area contributed by atoms with Gasteiger partial charge in [0.05, 0.1) is 18.6 Å². The zero-order chi connectivity index (χ0) is 23.0. The molecule has 0 radical (unpaired) electrons. The fourth-order valence-electron chi connectivity index (χ4n) is 3.11. The second kappa shape index (κ2) is 11.7. The minimum Gasteiger partial charge on any atom is -0.491 e. The first kappa shape index (κ1) is 25.5. The highest BCUT2D eigenvalue weighted by Crippen LogP contribution is 2.34. The fourth-order valence-corrected chi connectivity index (χ4v) is 3.20. The van der Waals surface area contributed by atoms with Crippen molar-refractivity contribution in [3.63, 3.8) is 0 Å². The Bertz CT molecular complexity index is 804. The number of benzene rings is 2. The normalized spacial score (nSPS) is 13.8. The molecule has 0 saturated heterocycles. The summed E-state index contributed by atoms with van der Waals surface area (Å²) < 4.78 is 16.8. The van der Waals surface area contributed by atoms with Gasteiger partial charge in [-0.3, -0.25) is 0 Å². The number of ether oxygens (including phenoxy) is 3. The van der Waals surface area contributed by atoms with Gasteiger partial charge in [-0.25, -0.2) is 0 Å². The summed E-state index contributed by atoms with van der Waals surface area (Å²) in [7, 11) is 0. The number of hydrogen-bond donors (Lipinski definition) is 2. The van der Waals surface area contributed by atoms with Crippen molar-refractivity contribution in [3.8, 4) is 11.5 Å². The van der Waals surface area contributed by atoms with E-state index in [2.05, 4.69) is 19.9 Å². The first-order valence-corrected chi connectivity index (χ1v) is 11.2. The van der Waals surface area contributed by atoms with Gasteiger partial charge in [-0.1, -0.05) is 38.1 Å². The number of aliphatic hydroxyl groups is 2. The standard InChI is InChI=1S/C25H35ClO5/c1-17(2)29-15-22(28)16-30-23-9-6-19(7-10-23)25(4,5)20-8-11-24(18(3)12-20)31-14-21(27)13-26/h6-12,17,21-22,27-28H,13-16H2,1-5H3. The summed E-state index contributed by atoms with van der Waals surface area (Å²) in [5.74, 6) is 1.60. The van der Waals surface area contributed by atoms with Crippen molar-refractivity contribution in [1.29, 1.82) is 0 Å². The van der Waals surface area contributed by atoms with Crippen LogP contribution < -0.4 is 9.47 Å². The smallest absolute Gasteiger partial charge is 0.122 e. The number of aryl methyl sites for hydroxylation is 1. The molecule has 2 aromatic rings. The predicted octanol–water partition coefficient (Wildman–Crippen LogP) is 4.46. The van der Waals surface area contributed by atoms with Gasteiger partial charge in [0, 0.05) is 5.41 Å². The van der Waals surface area contributed by atoms with Gasteiger partial charge in [0.1, 0.15) is 36.9 Å². The van der Waals surface area contributed by atoms with Gasteiger partial charge < -0.3 is 24.4 Å². The minimum atomic E-state index is -0.679. The van der Waals surface area contributed by atoms with E-state index in [-0.39, 0.29) is 37.2 Å². The second-order valence-electron chi connectivity index (χ2n) is 8.60. The molecule has 0 heterocycles. The lowest BCUT2D eigenvalue weighted by Gasteiger charge is -2.27. The molecule has 2 N–H and O–H groups in total. The molecule has 0 saturated carbocycles. The molecule has 2 rings (SSSR count). The molecular formula is C25H35ClO5. The van der Waals surface area contributed by atoms with Crippen molar-refractivity contribution in [3.05, 3.63) is 59.2 Å². The molecule has 2 atom stereocenters. The third-order valence-corrected chi connectivity index (χ3v) is 5.50. The van der Waals surface area contributed by atoms with Crippen molar-refractivity contribution >= 4 is 11.6 Å². The van der Waals surface area contributed by atoms with E-state index in [9.17, 15) is 10.2 Å². The average Bonchev–Trinajstić information content (AvgIpc) is 2.75. The van der Waals surface area contributed by atoms with Gasteiger partial charge in [0.2, 0.25) is 0 Å². The van der Waals surface area contributed by atoms with E-state index in [4.69, 9.17) is 25.8 Å². The van der Waals surface area contributed by atoms with Crippen LogP contribution in [-0.4, -0.2) is 54.2 Å². The largest absolute Gasteiger partial charge is 0.491 e. The van der Waals surface area contributed by atoms with Gasteiger partial charge in [0.15, 0.2) is 0 Å². The van der Waals surface area contributed by atoms with E-state index in [0.717, 1.165) is 22.4 Å². The monoisotopic (exact) mass is 450 g/mol. The Balaban J connectivity index is 2.02. The molecule has 2 unspecified atom stereocenters. The average molecular weight is 451 g/mol. The van der Waals surface area contributed by atoms with Crippen LogP contribution in [0.5, 0.6) is 11.5 Å². The van der Waals surface area contributed by atoms with E-state index in [1.54, 1.807) is 0 Å². The van der Waals surface area contributed by atoms with Gasteiger partial charge in [-0.15, -0.1) is 11.6 Å². The molecule has 0 aliphatic carbocycles. The molecule has 0 bridgehead atoms. The van der Waals surface area contributed by atoms with Crippen LogP contribution in [0, 0.1) is 6.92 Å². The zero-order valence-electron chi connectivity index (χ0n) is 19.1. The predicted molar refractivity (Wildman–Crippen MR) is 125 cm³/mol. The Hall–Kier alpha value is -1.79. The maximum atomic E-state index is 9.94. The highest BCUT2D eigenvalue weighted by atomic mass is 35.5. The highest BCUT2D eigenvalue weighted by molar-refractivity contribution is 6.18. The lowest BCUT2D eigenvalue weighted by Crippen LogP contribution is -2.25. The van der Waals surface area contributed by atoms with Crippen LogP contribution in [0.1, 0.15) is 44.4 Å². The van der Waals surface area contributed by atoms with Crippen molar-refractivity contribution < 1.29 is 24.4 Å². The first-order chi connectivity index (χ1) is 14.6. The van der Waals surface area contributed by atoms with Crippen LogP contribution >= 0.6 is 11.6 Å². The lowest BCUT2D eigenvalue weighted by molar-refractivity contribution is -0.0122. The molecule has 0 aliphatic rings. The lowest BCUT2D eigenvalue weighted by atomic mass is 9.77. The van der Waals surface area contributed by atoms with Crippen LogP contribution in [0.2, 0.25) is 0 Å². The van der Waals surface area contributed by atoms with E-state index < -0.39 is 12.2 Å². The summed E-state index contributed by atoms with van der Waals surface area (Å²) in [5, 5.41) is 19.5. The number of rotatable bonds is 12. The second-order valence-corrected chi connectivity index (χ2v) is 8.90. The molecule has 31 heavy (non-hydrogen) atoms. The first-order valence-electron chi connectivity index (χ1n) is 10.6. The minimum absolute atomic E-state index is 0.0812. The Morgan fingerprint density at radius 2 is 1.48 bits per heavy atom. The third kappa shape index (κ3) is 7.69. The van der Waals surface area contributed by atoms with Gasteiger partial charge in [0.25, 0.3) is 0 Å². The van der Waals surface area contributed by atoms with E-state index >= 15 is 0 Å². The van der Waals surface area contributed by atoms with Crippen LogP contribution in [-0.2, 0) is 10.2 Å². The molecule has 0 spiro atoms. The Labute approximate surface area is 190 Å². The SMILES string of the molecule is Cc1cc(C(C)(C)c2ccc(OCC(O)COC(C)C)cc2)ccc1OCC(O)CCl. The number of halogens is 1. The number of aliphatic hydroxyl groups excluding tert-OH is 2. The van der Waals surface area contributed by atoms with Crippen molar-refractivity contribution in [2.45, 2.75) is 58.3 Å². The molecule has 0 amide bonds. The highest BCUT2D eigenvalue weighted by Gasteiger charge is 2.24. The molecule has 5 nitrogen and oxygen atoms in total. The summed E-state index contributed by atoms with van der Waals surface area (Å²) in [5.41, 5.74) is 3.09. The van der Waals surface area contributed by atoms with Crippen LogP contribution in [0.4, 0.5) is 0 Å². The van der Waals surface area contributed by atoms with Gasteiger partial charge in [-0.2, -0.15) is 0 Å². The summed E-state index contributed by atoms with van der Waals surface area (Å²) in [6.07, 6.45) is -1.26. The van der Waals surface area contributed by atoms with Crippen LogP contribution in [0.15, 0.2) is 42.5 Å². The third-order valence-electron chi connectivity index (χ3n) is 5.15. The topological polar surface area (TPSA) is 68.2 Å². The van der Waals surface area contributed by atoms with Crippen LogP contribution in [0.25, 0.3) is 0 Å². The van der Waals surface area contributed by atoms with Crippen molar-refractivity contribution in [1.82, 2.24) is 0 Å². The Kier molecular flexibility index (Phi) is 9.63. The molecule has 2 aromatic carbocycles. The summed E-state index contributed by atoms with van der Waals surface area (Å²) >= 11 is 5.63. The summed E-state index contributed by atoms with van der Waals surface area (Å²) in [6, 6.07) is 14.0. The Morgan fingerprint density at radius 3 is 2.06 bits per heavy atom. The quantitative estimate of drug-likeness (QED) is 0.467. The van der Waals surface area contributed by atoms with E-state index in [0.29, 0.717) is 5.75 Å². The molecule has 172 valence electrons.